The van der Waals surface area contributed by atoms with Crippen LogP contribution in [0.25, 0.3) is 0 Å². The summed E-state index contributed by atoms with van der Waals surface area (Å²) in [7, 11) is -3.84. The van der Waals surface area contributed by atoms with Crippen LogP contribution >= 0.6 is 11.6 Å². The quantitative estimate of drug-likeness (QED) is 0.692. The first-order valence-electron chi connectivity index (χ1n) is 6.05. The summed E-state index contributed by atoms with van der Waals surface area (Å²) >= 11 is 5.88. The van der Waals surface area contributed by atoms with Crippen LogP contribution in [0.15, 0.2) is 41.4 Å². The summed E-state index contributed by atoms with van der Waals surface area (Å²) in [5.41, 5.74) is 1.30. The maximum Gasteiger partial charge on any atom is 0.262 e. The van der Waals surface area contributed by atoms with Crippen LogP contribution in [0.3, 0.4) is 0 Å². The van der Waals surface area contributed by atoms with Crippen LogP contribution in [0.1, 0.15) is 22.8 Å². The Labute approximate surface area is 128 Å². The van der Waals surface area contributed by atoms with Gasteiger partial charge in [-0.05, 0) is 37.6 Å². The topological polar surface area (TPSA) is 76.1 Å². The summed E-state index contributed by atoms with van der Waals surface area (Å²) in [6.45, 7) is 3.15. The number of halogens is 1. The highest BCUT2D eigenvalue weighted by atomic mass is 35.5. The summed E-state index contributed by atoms with van der Waals surface area (Å²) in [4.78, 5) is 15.2. The standard InChI is InChI=1S/C14H13ClN2O3S/c1-9-6-13(14(15)16-8-9)17-21(19,20)12-5-3-4-11(7-12)10(2)18/h3-8,17H,1-2H3. The second kappa shape index (κ2) is 5.83. The van der Waals surface area contributed by atoms with E-state index in [-0.39, 0.29) is 21.5 Å². The summed E-state index contributed by atoms with van der Waals surface area (Å²) in [5, 5.41) is 0.0619. The van der Waals surface area contributed by atoms with E-state index in [1.807, 2.05) is 0 Å². The molecule has 0 amide bonds. The largest absolute Gasteiger partial charge is 0.295 e. The Morgan fingerprint density at radius 3 is 2.67 bits per heavy atom. The van der Waals surface area contributed by atoms with Gasteiger partial charge in [0.2, 0.25) is 0 Å². The Balaban J connectivity index is 2.41. The SMILES string of the molecule is CC(=O)c1cccc(S(=O)(=O)Nc2cc(C)cnc2Cl)c1. The van der Waals surface area contributed by atoms with Crippen LogP contribution in [0.4, 0.5) is 5.69 Å². The van der Waals surface area contributed by atoms with E-state index < -0.39 is 10.0 Å². The Hall–Kier alpha value is -1.92. The van der Waals surface area contributed by atoms with Gasteiger partial charge in [0.05, 0.1) is 10.6 Å². The van der Waals surface area contributed by atoms with E-state index in [1.54, 1.807) is 19.1 Å². The monoisotopic (exact) mass is 324 g/mol. The molecule has 1 aromatic heterocycles. The number of benzene rings is 1. The van der Waals surface area contributed by atoms with Crippen LogP contribution in [0.5, 0.6) is 0 Å². The molecule has 1 N–H and O–H groups in total. The number of pyridine rings is 1. The van der Waals surface area contributed by atoms with E-state index >= 15 is 0 Å². The van der Waals surface area contributed by atoms with E-state index in [9.17, 15) is 13.2 Å². The Morgan fingerprint density at radius 2 is 2.00 bits per heavy atom. The first kappa shape index (κ1) is 15.5. The van der Waals surface area contributed by atoms with Crippen molar-refractivity contribution in [3.8, 4) is 0 Å². The highest BCUT2D eigenvalue weighted by Crippen LogP contribution is 2.23. The van der Waals surface area contributed by atoms with Gasteiger partial charge in [-0.1, -0.05) is 23.7 Å². The lowest BCUT2D eigenvalue weighted by Crippen LogP contribution is -2.14. The van der Waals surface area contributed by atoms with Gasteiger partial charge in [-0.2, -0.15) is 0 Å². The molecule has 5 nitrogen and oxygen atoms in total. The highest BCUT2D eigenvalue weighted by Gasteiger charge is 2.17. The molecule has 21 heavy (non-hydrogen) atoms. The number of nitrogens with one attached hydrogen (secondary N) is 1. The second-order valence-electron chi connectivity index (χ2n) is 4.54. The van der Waals surface area contributed by atoms with Crippen molar-refractivity contribution in [2.75, 3.05) is 4.72 Å². The number of anilines is 1. The van der Waals surface area contributed by atoms with Crippen molar-refractivity contribution >= 4 is 33.1 Å². The number of rotatable bonds is 4. The molecule has 0 bridgehead atoms. The third-order valence-corrected chi connectivity index (χ3v) is 4.44. The fraction of sp³-hybridized carbons (Fsp3) is 0.143. The number of nitrogens with zero attached hydrogens (tertiary/aromatic N) is 1. The number of hydrogen-bond donors (Lipinski definition) is 1. The van der Waals surface area contributed by atoms with E-state index in [2.05, 4.69) is 9.71 Å². The number of aryl methyl sites for hydroxylation is 1. The van der Waals surface area contributed by atoms with Crippen LogP contribution in [-0.4, -0.2) is 19.2 Å². The maximum atomic E-state index is 12.3. The Kier molecular flexibility index (Phi) is 4.29. The minimum Gasteiger partial charge on any atom is -0.295 e. The van der Waals surface area contributed by atoms with E-state index in [0.717, 1.165) is 5.56 Å². The third-order valence-electron chi connectivity index (χ3n) is 2.77. The van der Waals surface area contributed by atoms with E-state index in [1.165, 1.54) is 31.3 Å². The molecule has 2 aromatic rings. The highest BCUT2D eigenvalue weighted by molar-refractivity contribution is 7.92. The first-order chi connectivity index (χ1) is 9.79. The molecular formula is C14H13ClN2O3S. The van der Waals surface area contributed by atoms with Crippen molar-refractivity contribution in [3.05, 3.63) is 52.8 Å². The summed E-state index contributed by atoms with van der Waals surface area (Å²) in [6, 6.07) is 7.39. The normalized spacial score (nSPS) is 11.2. The molecule has 2 rings (SSSR count). The zero-order chi connectivity index (χ0) is 15.6. The number of Topliss-reactive ketones (excluding diaryl/α,β-unsaturated/α-hetero) is 1. The number of carbonyl (C=O) groups excluding carboxylic acids is 1. The summed E-state index contributed by atoms with van der Waals surface area (Å²) in [5.74, 6) is -0.206. The van der Waals surface area contributed by atoms with Crippen molar-refractivity contribution in [1.82, 2.24) is 4.98 Å². The van der Waals surface area contributed by atoms with Crippen molar-refractivity contribution in [2.45, 2.75) is 18.7 Å². The molecule has 0 radical (unpaired) electrons. The smallest absolute Gasteiger partial charge is 0.262 e. The average Bonchev–Trinajstić information content (AvgIpc) is 2.43. The van der Waals surface area contributed by atoms with Gasteiger partial charge in [0, 0.05) is 11.8 Å². The first-order valence-corrected chi connectivity index (χ1v) is 7.92. The molecule has 0 aliphatic carbocycles. The fourth-order valence-corrected chi connectivity index (χ4v) is 3.02. The van der Waals surface area contributed by atoms with Gasteiger partial charge in [-0.3, -0.25) is 9.52 Å². The minimum atomic E-state index is -3.84. The number of carbonyl (C=O) groups is 1. The molecule has 7 heteroatoms. The minimum absolute atomic E-state index is 0.00669. The van der Waals surface area contributed by atoms with E-state index in [4.69, 9.17) is 11.6 Å². The van der Waals surface area contributed by atoms with Gasteiger partial charge in [0.1, 0.15) is 0 Å². The van der Waals surface area contributed by atoms with Gasteiger partial charge >= 0.3 is 0 Å². The van der Waals surface area contributed by atoms with Gasteiger partial charge in [0.15, 0.2) is 10.9 Å². The third kappa shape index (κ3) is 3.59. The lowest BCUT2D eigenvalue weighted by molar-refractivity contribution is 0.101. The summed E-state index contributed by atoms with van der Waals surface area (Å²) < 4.78 is 27.0. The van der Waals surface area contributed by atoms with Gasteiger partial charge in [0.25, 0.3) is 10.0 Å². The van der Waals surface area contributed by atoms with Gasteiger partial charge in [-0.15, -0.1) is 0 Å². The Morgan fingerprint density at radius 1 is 1.29 bits per heavy atom. The van der Waals surface area contributed by atoms with Crippen LogP contribution in [0.2, 0.25) is 5.15 Å². The lowest BCUT2D eigenvalue weighted by atomic mass is 10.2. The molecule has 0 aliphatic heterocycles. The molecule has 0 saturated heterocycles. The fourth-order valence-electron chi connectivity index (χ4n) is 1.71. The van der Waals surface area contributed by atoms with Crippen LogP contribution in [-0.2, 0) is 10.0 Å². The molecule has 0 unspecified atom stereocenters. The second-order valence-corrected chi connectivity index (χ2v) is 6.58. The molecule has 1 heterocycles. The molecule has 0 atom stereocenters. The van der Waals surface area contributed by atoms with Crippen molar-refractivity contribution in [3.63, 3.8) is 0 Å². The lowest BCUT2D eigenvalue weighted by Gasteiger charge is -2.10. The molecular weight excluding hydrogens is 312 g/mol. The number of sulfonamides is 1. The van der Waals surface area contributed by atoms with Gasteiger partial charge < -0.3 is 0 Å². The zero-order valence-corrected chi connectivity index (χ0v) is 13.0. The van der Waals surface area contributed by atoms with Crippen LogP contribution in [0, 0.1) is 6.92 Å². The molecule has 1 aromatic carbocycles. The molecule has 0 spiro atoms. The maximum absolute atomic E-state index is 12.3. The van der Waals surface area contributed by atoms with Crippen molar-refractivity contribution in [2.24, 2.45) is 0 Å². The van der Waals surface area contributed by atoms with Crippen LogP contribution < -0.4 is 4.72 Å². The number of hydrogen-bond acceptors (Lipinski definition) is 4. The predicted octanol–water partition coefficient (Wildman–Crippen LogP) is 3.05. The number of ketones is 1. The predicted molar refractivity (Wildman–Crippen MR) is 81.2 cm³/mol. The summed E-state index contributed by atoms with van der Waals surface area (Å²) in [6.07, 6.45) is 1.54. The van der Waals surface area contributed by atoms with Crippen molar-refractivity contribution in [1.29, 1.82) is 0 Å². The number of aromatic nitrogens is 1. The molecule has 0 saturated carbocycles. The molecule has 0 aliphatic rings. The Bertz CT molecular complexity index is 804. The van der Waals surface area contributed by atoms with E-state index in [0.29, 0.717) is 5.56 Å². The van der Waals surface area contributed by atoms with Gasteiger partial charge in [-0.25, -0.2) is 13.4 Å². The van der Waals surface area contributed by atoms with Crippen molar-refractivity contribution < 1.29 is 13.2 Å². The molecule has 0 fully saturated rings. The molecule has 110 valence electrons. The average molecular weight is 325 g/mol. The zero-order valence-electron chi connectivity index (χ0n) is 11.4.